The lowest BCUT2D eigenvalue weighted by molar-refractivity contribution is -0.124. The average molecular weight is 449 g/mol. The Balaban J connectivity index is 1.29. The molecule has 5 rings (SSSR count). The molecule has 0 aromatic heterocycles. The maximum absolute atomic E-state index is 12.7. The summed E-state index contributed by atoms with van der Waals surface area (Å²) >= 11 is 6.57. The summed E-state index contributed by atoms with van der Waals surface area (Å²) in [5, 5.41) is 16.4. The number of carbonyl (C=O) groups is 2. The summed E-state index contributed by atoms with van der Waals surface area (Å²) in [6.07, 6.45) is 4.05. The van der Waals surface area contributed by atoms with Crippen molar-refractivity contribution in [2.75, 3.05) is 11.9 Å². The summed E-state index contributed by atoms with van der Waals surface area (Å²) < 4.78 is 0. The van der Waals surface area contributed by atoms with E-state index in [1.54, 1.807) is 11.9 Å². The zero-order valence-corrected chi connectivity index (χ0v) is 18.7. The third-order valence-electron chi connectivity index (χ3n) is 7.09. The van der Waals surface area contributed by atoms with Crippen molar-refractivity contribution in [3.05, 3.63) is 52.5 Å². The molecule has 0 unspecified atom stereocenters. The van der Waals surface area contributed by atoms with Crippen LogP contribution >= 0.6 is 11.6 Å². The van der Waals surface area contributed by atoms with Crippen molar-refractivity contribution in [1.82, 2.24) is 10.6 Å². The quantitative estimate of drug-likeness (QED) is 0.735. The van der Waals surface area contributed by atoms with Crippen LogP contribution in [0.3, 0.4) is 0 Å². The molecule has 2 aromatic rings. The lowest BCUT2D eigenvalue weighted by Crippen LogP contribution is -2.50. The van der Waals surface area contributed by atoms with Crippen LogP contribution in [-0.2, 0) is 22.4 Å². The molecule has 0 radical (unpaired) electrons. The first kappa shape index (κ1) is 21.0. The van der Waals surface area contributed by atoms with Gasteiger partial charge < -0.3 is 15.5 Å². The number of halogens is 1. The number of piperidine rings is 1. The molecule has 2 amide bonds. The molecule has 3 aliphatic rings. The molecule has 2 heterocycles. The van der Waals surface area contributed by atoms with Gasteiger partial charge in [-0.3, -0.25) is 9.59 Å². The second kappa shape index (κ2) is 8.23. The maximum Gasteiger partial charge on any atom is 0.238 e. The molecule has 1 aliphatic carbocycles. The number of nitriles is 1. The van der Waals surface area contributed by atoms with Gasteiger partial charge in [0.15, 0.2) is 0 Å². The van der Waals surface area contributed by atoms with E-state index in [9.17, 15) is 14.9 Å². The molecular formula is C25H25ClN4O2. The van der Waals surface area contributed by atoms with Crippen LogP contribution in [0.25, 0.3) is 11.1 Å². The molecule has 2 aliphatic heterocycles. The zero-order chi connectivity index (χ0) is 22.4. The van der Waals surface area contributed by atoms with Gasteiger partial charge in [0.05, 0.1) is 18.5 Å². The van der Waals surface area contributed by atoms with E-state index in [-0.39, 0.29) is 17.9 Å². The van der Waals surface area contributed by atoms with Gasteiger partial charge in [-0.2, -0.15) is 5.26 Å². The van der Waals surface area contributed by atoms with Crippen molar-refractivity contribution >= 4 is 29.1 Å². The van der Waals surface area contributed by atoms with Crippen LogP contribution in [0.2, 0.25) is 5.02 Å². The Morgan fingerprint density at radius 2 is 2.06 bits per heavy atom. The van der Waals surface area contributed by atoms with Crippen molar-refractivity contribution in [1.29, 1.82) is 5.26 Å². The number of fused-ring (bicyclic) bond motifs is 3. The molecule has 2 bridgehead atoms. The van der Waals surface area contributed by atoms with E-state index >= 15 is 0 Å². The normalized spacial score (nSPS) is 24.3. The first-order valence-electron chi connectivity index (χ1n) is 11.1. The van der Waals surface area contributed by atoms with Crippen LogP contribution in [0.1, 0.15) is 30.4 Å². The number of hydrogen-bond donors (Lipinski definition) is 2. The monoisotopic (exact) mass is 448 g/mol. The van der Waals surface area contributed by atoms with Gasteiger partial charge in [0, 0.05) is 30.2 Å². The summed E-state index contributed by atoms with van der Waals surface area (Å²) in [4.78, 5) is 26.3. The van der Waals surface area contributed by atoms with Crippen molar-refractivity contribution in [3.8, 4) is 17.2 Å². The highest BCUT2D eigenvalue weighted by Gasteiger charge is 2.43. The summed E-state index contributed by atoms with van der Waals surface area (Å²) in [6.45, 7) is 0. The molecule has 7 heteroatoms. The minimum Gasteiger partial charge on any atom is -0.339 e. The van der Waals surface area contributed by atoms with E-state index in [1.165, 1.54) is 0 Å². The average Bonchev–Trinajstić information content (AvgIpc) is 3.50. The molecule has 2 N–H and O–H groups in total. The van der Waals surface area contributed by atoms with Gasteiger partial charge in [0.2, 0.25) is 11.8 Å². The van der Waals surface area contributed by atoms with Gasteiger partial charge in [-0.05, 0) is 59.6 Å². The Bertz CT molecular complexity index is 1140. The molecule has 1 saturated heterocycles. The van der Waals surface area contributed by atoms with Crippen molar-refractivity contribution in [3.63, 3.8) is 0 Å². The lowest BCUT2D eigenvalue weighted by atomic mass is 9.97. The summed E-state index contributed by atoms with van der Waals surface area (Å²) in [7, 11) is 1.79. The Hall–Kier alpha value is -2.88. The number of nitrogens with zero attached hydrogens (tertiary/aromatic N) is 2. The van der Waals surface area contributed by atoms with Crippen LogP contribution in [0.5, 0.6) is 0 Å². The first-order valence-corrected chi connectivity index (χ1v) is 11.4. The van der Waals surface area contributed by atoms with Crippen LogP contribution in [0.15, 0.2) is 36.4 Å². The second-order valence-electron chi connectivity index (χ2n) is 9.09. The van der Waals surface area contributed by atoms with E-state index in [1.807, 2.05) is 36.4 Å². The molecular weight excluding hydrogens is 424 g/mol. The van der Waals surface area contributed by atoms with E-state index in [0.717, 1.165) is 47.2 Å². The third kappa shape index (κ3) is 3.76. The van der Waals surface area contributed by atoms with Crippen molar-refractivity contribution in [2.24, 2.45) is 5.92 Å². The number of benzene rings is 2. The van der Waals surface area contributed by atoms with Gasteiger partial charge in [-0.25, -0.2) is 0 Å². The van der Waals surface area contributed by atoms with Gasteiger partial charge in [0.25, 0.3) is 0 Å². The number of hydrogen-bond acceptors (Lipinski definition) is 4. The van der Waals surface area contributed by atoms with Crippen LogP contribution in [0.4, 0.5) is 5.69 Å². The van der Waals surface area contributed by atoms with Gasteiger partial charge in [-0.15, -0.1) is 0 Å². The molecule has 2 aromatic carbocycles. The highest BCUT2D eigenvalue weighted by atomic mass is 35.5. The number of anilines is 1. The van der Waals surface area contributed by atoms with E-state index in [4.69, 9.17) is 11.6 Å². The van der Waals surface area contributed by atoms with Gasteiger partial charge in [0.1, 0.15) is 6.04 Å². The fourth-order valence-corrected chi connectivity index (χ4v) is 5.53. The SMILES string of the molecule is CN1C(=O)Cc2ccc(-c3ccc(C[C@@H](C#N)NC(=O)[C@H]4N[C@@H]5CC[C@H]4C5)c(Cl)c3)cc21. The summed E-state index contributed by atoms with van der Waals surface area (Å²) in [6, 6.07) is 13.6. The molecule has 2 fully saturated rings. The topological polar surface area (TPSA) is 85.2 Å². The highest BCUT2D eigenvalue weighted by Crippen LogP contribution is 2.36. The third-order valence-corrected chi connectivity index (χ3v) is 7.44. The first-order chi connectivity index (χ1) is 15.4. The number of likely N-dealkylation sites (N-methyl/N-ethyl adjacent to an activating group) is 1. The van der Waals surface area contributed by atoms with Crippen LogP contribution in [-0.4, -0.2) is 37.0 Å². The molecule has 0 spiro atoms. The lowest BCUT2D eigenvalue weighted by Gasteiger charge is -2.23. The largest absolute Gasteiger partial charge is 0.339 e. The number of amides is 2. The predicted molar refractivity (Wildman–Crippen MR) is 123 cm³/mol. The molecule has 6 nitrogen and oxygen atoms in total. The van der Waals surface area contributed by atoms with Gasteiger partial charge in [-0.1, -0.05) is 35.9 Å². The predicted octanol–water partition coefficient (Wildman–Crippen LogP) is 3.22. The molecule has 4 atom stereocenters. The molecule has 32 heavy (non-hydrogen) atoms. The van der Waals surface area contributed by atoms with Crippen molar-refractivity contribution in [2.45, 2.75) is 50.2 Å². The van der Waals surface area contributed by atoms with Gasteiger partial charge >= 0.3 is 0 Å². The molecule has 1 saturated carbocycles. The minimum absolute atomic E-state index is 0.0895. The van der Waals surface area contributed by atoms with Crippen LogP contribution in [0, 0.1) is 17.2 Å². The Labute approximate surface area is 192 Å². The highest BCUT2D eigenvalue weighted by molar-refractivity contribution is 6.31. The Kier molecular flexibility index (Phi) is 5.40. The van der Waals surface area contributed by atoms with E-state index in [2.05, 4.69) is 16.7 Å². The Morgan fingerprint density at radius 1 is 1.28 bits per heavy atom. The fourth-order valence-electron chi connectivity index (χ4n) is 5.27. The summed E-state index contributed by atoms with van der Waals surface area (Å²) in [5.74, 6) is 0.382. The van der Waals surface area contributed by atoms with E-state index in [0.29, 0.717) is 29.8 Å². The second-order valence-corrected chi connectivity index (χ2v) is 9.50. The zero-order valence-electron chi connectivity index (χ0n) is 17.9. The van der Waals surface area contributed by atoms with Crippen molar-refractivity contribution < 1.29 is 9.59 Å². The summed E-state index contributed by atoms with van der Waals surface area (Å²) in [5.41, 5.74) is 4.69. The fraction of sp³-hybridized carbons (Fsp3) is 0.400. The number of nitrogens with one attached hydrogen (secondary N) is 2. The number of rotatable bonds is 5. The maximum atomic E-state index is 12.7. The van der Waals surface area contributed by atoms with Crippen LogP contribution < -0.4 is 15.5 Å². The molecule has 164 valence electrons. The number of carbonyl (C=O) groups excluding carboxylic acids is 2. The smallest absolute Gasteiger partial charge is 0.238 e. The Morgan fingerprint density at radius 3 is 2.75 bits per heavy atom. The van der Waals surface area contributed by atoms with E-state index < -0.39 is 6.04 Å². The standard InChI is InChI=1S/C25H25ClN4O2/c1-30-22-11-15(3-5-17(22)12-23(30)31)14-2-4-16(21(26)10-14)8-20(13-27)29-25(32)24-18-6-7-19(9-18)28-24/h2-5,10-11,18-20,24,28H,6-9,12H2,1H3,(H,29,32)/t18-,19+,20-,24-/m0/s1. The minimum atomic E-state index is -0.633.